The Balaban J connectivity index is 1.41. The molecule has 0 saturated heterocycles. The summed E-state index contributed by atoms with van der Waals surface area (Å²) in [6, 6.07) is 17.3. The second-order valence-corrected chi connectivity index (χ2v) is 10.4. The molecule has 0 spiro atoms. The number of nitrogens with zero attached hydrogens (tertiary/aromatic N) is 5. The molecule has 0 atom stereocenters. The largest absolute Gasteiger partial charge is 0.341 e. The van der Waals surface area contributed by atoms with E-state index in [0.717, 1.165) is 94.7 Å². The first kappa shape index (κ1) is 22.1. The molecular formula is C32H25N7. The molecule has 0 aliphatic carbocycles. The van der Waals surface area contributed by atoms with Gasteiger partial charge < -0.3 is 9.97 Å². The number of fused-ring (bicyclic) bond motifs is 12. The second-order valence-electron chi connectivity index (χ2n) is 10.4. The van der Waals surface area contributed by atoms with Crippen LogP contribution in [0.2, 0.25) is 0 Å². The van der Waals surface area contributed by atoms with Gasteiger partial charge in [0.15, 0.2) is 0 Å². The van der Waals surface area contributed by atoms with Gasteiger partial charge in [0.05, 0.1) is 33.1 Å². The highest BCUT2D eigenvalue weighted by Gasteiger charge is 2.18. The fourth-order valence-corrected chi connectivity index (χ4v) is 5.80. The van der Waals surface area contributed by atoms with Gasteiger partial charge in [-0.15, -0.1) is 0 Å². The van der Waals surface area contributed by atoms with E-state index in [-0.39, 0.29) is 5.92 Å². The molecule has 4 heterocycles. The van der Waals surface area contributed by atoms with E-state index in [2.05, 4.69) is 73.2 Å². The van der Waals surface area contributed by atoms with Crippen LogP contribution in [0.3, 0.4) is 0 Å². The maximum Gasteiger partial charge on any atom is 0.115 e. The predicted molar refractivity (Wildman–Crippen MR) is 158 cm³/mol. The first-order chi connectivity index (χ1) is 19.1. The third kappa shape index (κ3) is 3.13. The monoisotopic (exact) mass is 507 g/mol. The van der Waals surface area contributed by atoms with E-state index in [0.29, 0.717) is 0 Å². The topological polar surface area (TPSA) is 96.0 Å². The van der Waals surface area contributed by atoms with Gasteiger partial charge in [-0.1, -0.05) is 45.0 Å². The summed E-state index contributed by atoms with van der Waals surface area (Å²) in [6.07, 6.45) is 6.21. The van der Waals surface area contributed by atoms with Gasteiger partial charge in [0.2, 0.25) is 0 Å². The van der Waals surface area contributed by atoms with E-state index in [1.807, 2.05) is 12.3 Å². The fraction of sp³-hybridized carbons (Fsp3) is 0.156. The van der Waals surface area contributed by atoms with Crippen molar-refractivity contribution in [2.24, 2.45) is 0 Å². The standard InChI is InChI=1S/C32H25N7/c1-4-24-36-27-19-9-7-17(14-22(19)25-21(29(27)37-24)6-5-11-33-25)18-8-10-20-23(15-18)26-30(35-13-12-34-26)31-28(20)38-32(39-31)16(2)3/h5-16H,4H2,1-3H3,(H,36,37)(H,38,39). The first-order valence-corrected chi connectivity index (χ1v) is 13.4. The molecular weight excluding hydrogens is 482 g/mol. The molecule has 4 aromatic carbocycles. The van der Waals surface area contributed by atoms with Crippen LogP contribution in [0.25, 0.3) is 76.7 Å². The molecule has 0 fully saturated rings. The summed E-state index contributed by atoms with van der Waals surface area (Å²) < 4.78 is 0. The zero-order valence-corrected chi connectivity index (χ0v) is 21.9. The van der Waals surface area contributed by atoms with E-state index in [1.54, 1.807) is 12.4 Å². The van der Waals surface area contributed by atoms with Gasteiger partial charge in [-0.3, -0.25) is 15.0 Å². The Morgan fingerprint density at radius 2 is 1.31 bits per heavy atom. The molecule has 0 aliphatic heterocycles. The lowest BCUT2D eigenvalue weighted by atomic mass is 9.96. The average Bonchev–Trinajstić information content (AvgIpc) is 3.63. The van der Waals surface area contributed by atoms with Crippen molar-refractivity contribution in [3.63, 3.8) is 0 Å². The van der Waals surface area contributed by atoms with Crippen LogP contribution in [0.4, 0.5) is 0 Å². The van der Waals surface area contributed by atoms with Gasteiger partial charge >= 0.3 is 0 Å². The second kappa shape index (κ2) is 8.04. The maximum atomic E-state index is 4.96. The van der Waals surface area contributed by atoms with Gasteiger partial charge in [-0.25, -0.2) is 9.97 Å². The molecule has 8 aromatic rings. The smallest absolute Gasteiger partial charge is 0.115 e. The molecule has 7 heteroatoms. The average molecular weight is 508 g/mol. The molecule has 0 saturated carbocycles. The third-order valence-corrected chi connectivity index (χ3v) is 7.76. The van der Waals surface area contributed by atoms with Crippen molar-refractivity contribution in [1.82, 2.24) is 34.9 Å². The van der Waals surface area contributed by atoms with Gasteiger partial charge in [0.25, 0.3) is 0 Å². The summed E-state index contributed by atoms with van der Waals surface area (Å²) in [6.45, 7) is 6.40. The van der Waals surface area contributed by atoms with Crippen LogP contribution in [0.15, 0.2) is 67.1 Å². The summed E-state index contributed by atoms with van der Waals surface area (Å²) in [4.78, 5) is 31.1. The number of rotatable bonds is 3. The number of pyridine rings is 1. The Hall–Kier alpha value is -4.91. The lowest BCUT2D eigenvalue weighted by Gasteiger charge is -2.10. The first-order valence-electron chi connectivity index (χ1n) is 13.4. The Morgan fingerprint density at radius 1 is 0.615 bits per heavy atom. The van der Waals surface area contributed by atoms with E-state index in [1.165, 1.54) is 0 Å². The Bertz CT molecular complexity index is 2260. The number of benzene rings is 4. The van der Waals surface area contributed by atoms with E-state index >= 15 is 0 Å². The number of aryl methyl sites for hydroxylation is 1. The molecule has 0 radical (unpaired) electrons. The van der Waals surface area contributed by atoms with Crippen molar-refractivity contribution < 1.29 is 0 Å². The molecule has 0 unspecified atom stereocenters. The molecule has 2 N–H and O–H groups in total. The molecule has 0 bridgehead atoms. The van der Waals surface area contributed by atoms with Crippen molar-refractivity contribution in [1.29, 1.82) is 0 Å². The highest BCUT2D eigenvalue weighted by Crippen LogP contribution is 2.38. The zero-order valence-electron chi connectivity index (χ0n) is 21.9. The summed E-state index contributed by atoms with van der Waals surface area (Å²) >= 11 is 0. The maximum absolute atomic E-state index is 4.96. The van der Waals surface area contributed by atoms with Crippen LogP contribution in [0.1, 0.15) is 38.3 Å². The van der Waals surface area contributed by atoms with Crippen LogP contribution in [-0.2, 0) is 6.42 Å². The summed E-state index contributed by atoms with van der Waals surface area (Å²) in [5.41, 5.74) is 8.85. The fourth-order valence-electron chi connectivity index (χ4n) is 5.80. The number of hydrogen-bond donors (Lipinski definition) is 2. The zero-order chi connectivity index (χ0) is 26.2. The van der Waals surface area contributed by atoms with Gasteiger partial charge in [0, 0.05) is 57.9 Å². The van der Waals surface area contributed by atoms with Crippen LogP contribution in [0, 0.1) is 0 Å². The van der Waals surface area contributed by atoms with Crippen LogP contribution in [0.5, 0.6) is 0 Å². The predicted octanol–water partition coefficient (Wildman–Crippen LogP) is 7.59. The quantitative estimate of drug-likeness (QED) is 0.240. The van der Waals surface area contributed by atoms with Crippen molar-refractivity contribution in [2.45, 2.75) is 33.1 Å². The van der Waals surface area contributed by atoms with Crippen molar-refractivity contribution >= 4 is 65.5 Å². The number of hydrogen-bond acceptors (Lipinski definition) is 5. The minimum Gasteiger partial charge on any atom is -0.341 e. The summed E-state index contributed by atoms with van der Waals surface area (Å²) in [5, 5.41) is 5.42. The number of imidazole rings is 2. The lowest BCUT2D eigenvalue weighted by molar-refractivity contribution is 0.799. The van der Waals surface area contributed by atoms with Crippen LogP contribution < -0.4 is 0 Å². The minimum absolute atomic E-state index is 0.286. The van der Waals surface area contributed by atoms with Crippen LogP contribution >= 0.6 is 0 Å². The molecule has 8 rings (SSSR count). The Kier molecular flexibility index (Phi) is 4.56. The molecule has 4 aromatic heterocycles. The number of H-pyrrole nitrogens is 2. The molecule has 7 nitrogen and oxygen atoms in total. The van der Waals surface area contributed by atoms with Gasteiger partial charge in [-0.2, -0.15) is 0 Å². The Labute approximate surface area is 223 Å². The number of aromatic amines is 2. The van der Waals surface area contributed by atoms with Crippen molar-refractivity contribution in [2.75, 3.05) is 0 Å². The van der Waals surface area contributed by atoms with Crippen molar-refractivity contribution in [3.05, 3.63) is 78.8 Å². The lowest BCUT2D eigenvalue weighted by Crippen LogP contribution is -1.89. The third-order valence-electron chi connectivity index (χ3n) is 7.76. The normalized spacial score (nSPS) is 12.3. The van der Waals surface area contributed by atoms with Gasteiger partial charge in [-0.05, 0) is 35.4 Å². The Morgan fingerprint density at radius 3 is 2.08 bits per heavy atom. The van der Waals surface area contributed by atoms with E-state index in [4.69, 9.17) is 24.9 Å². The summed E-state index contributed by atoms with van der Waals surface area (Å²) in [7, 11) is 0. The molecule has 0 amide bonds. The highest BCUT2D eigenvalue weighted by molar-refractivity contribution is 6.23. The summed E-state index contributed by atoms with van der Waals surface area (Å²) in [5.74, 6) is 2.23. The highest BCUT2D eigenvalue weighted by atomic mass is 14.9. The SMILES string of the molecule is CCc1nc2c3cccnc3c3cc(-c4ccc5c(c4)c4nccnc4c4[nH]c(C(C)C)nc54)ccc3c2[nH]1. The molecule has 39 heavy (non-hydrogen) atoms. The molecule has 188 valence electrons. The number of aromatic nitrogens is 7. The van der Waals surface area contributed by atoms with E-state index < -0.39 is 0 Å². The van der Waals surface area contributed by atoms with E-state index in [9.17, 15) is 0 Å². The number of nitrogens with one attached hydrogen (secondary N) is 2. The van der Waals surface area contributed by atoms with Crippen molar-refractivity contribution in [3.8, 4) is 11.1 Å². The minimum atomic E-state index is 0.286. The van der Waals surface area contributed by atoms with Crippen LogP contribution in [-0.4, -0.2) is 34.9 Å². The van der Waals surface area contributed by atoms with Gasteiger partial charge in [0.1, 0.15) is 17.2 Å². The molecule has 0 aliphatic rings.